The normalized spacial score (nSPS) is 36.5. The van der Waals surface area contributed by atoms with Gasteiger partial charge in [0.1, 0.15) is 0 Å². The van der Waals surface area contributed by atoms with Crippen LogP contribution in [0.4, 0.5) is 0 Å². The van der Waals surface area contributed by atoms with Crippen molar-refractivity contribution in [2.45, 2.75) is 58.1 Å². The van der Waals surface area contributed by atoms with Crippen LogP contribution in [0.1, 0.15) is 46.0 Å². The quantitative estimate of drug-likeness (QED) is 0.836. The standard InChI is InChI=1S/C15H30N2O/c1-3-12-7-5-6-8-13(12)15(16)14-11-17(4-2)9-10-18-14/h12-15H,3-11,16H2,1-2H3. The van der Waals surface area contributed by atoms with Gasteiger partial charge in [-0.3, -0.25) is 4.90 Å². The molecule has 0 aromatic heterocycles. The van der Waals surface area contributed by atoms with Crippen molar-refractivity contribution in [2.24, 2.45) is 17.6 Å². The van der Waals surface area contributed by atoms with Crippen LogP contribution in [0.15, 0.2) is 0 Å². The van der Waals surface area contributed by atoms with E-state index in [4.69, 9.17) is 10.5 Å². The van der Waals surface area contributed by atoms with Crippen molar-refractivity contribution in [2.75, 3.05) is 26.2 Å². The molecule has 2 N–H and O–H groups in total. The van der Waals surface area contributed by atoms with Crippen LogP contribution in [0, 0.1) is 11.8 Å². The van der Waals surface area contributed by atoms with E-state index in [0.29, 0.717) is 5.92 Å². The van der Waals surface area contributed by atoms with Gasteiger partial charge in [0.25, 0.3) is 0 Å². The maximum Gasteiger partial charge on any atom is 0.0855 e. The van der Waals surface area contributed by atoms with Gasteiger partial charge in [0.2, 0.25) is 0 Å². The number of hydrogen-bond donors (Lipinski definition) is 1. The summed E-state index contributed by atoms with van der Waals surface area (Å²) in [5, 5.41) is 0. The third-order valence-corrected chi connectivity index (χ3v) is 5.04. The van der Waals surface area contributed by atoms with E-state index in [0.717, 1.165) is 32.2 Å². The van der Waals surface area contributed by atoms with Crippen LogP contribution in [0.5, 0.6) is 0 Å². The van der Waals surface area contributed by atoms with Crippen LogP contribution in [0.3, 0.4) is 0 Å². The summed E-state index contributed by atoms with van der Waals surface area (Å²) in [5.41, 5.74) is 6.55. The van der Waals surface area contributed by atoms with Crippen LogP contribution in [0.25, 0.3) is 0 Å². The SMILES string of the molecule is CCC1CCCCC1C(N)C1CN(CC)CCO1. The Morgan fingerprint density at radius 3 is 2.78 bits per heavy atom. The second kappa shape index (κ2) is 6.88. The van der Waals surface area contributed by atoms with Gasteiger partial charge in [-0.15, -0.1) is 0 Å². The molecule has 1 saturated heterocycles. The molecule has 3 nitrogen and oxygen atoms in total. The van der Waals surface area contributed by atoms with Gasteiger partial charge in [0, 0.05) is 19.1 Å². The van der Waals surface area contributed by atoms with Crippen LogP contribution in [-0.4, -0.2) is 43.3 Å². The molecule has 0 spiro atoms. The lowest BCUT2D eigenvalue weighted by Crippen LogP contribution is -2.54. The summed E-state index contributed by atoms with van der Waals surface area (Å²) in [5.74, 6) is 1.51. The van der Waals surface area contributed by atoms with Crippen LogP contribution >= 0.6 is 0 Å². The smallest absolute Gasteiger partial charge is 0.0855 e. The molecule has 4 unspecified atom stereocenters. The summed E-state index contributed by atoms with van der Waals surface area (Å²) in [6, 6.07) is 0.240. The van der Waals surface area contributed by atoms with Crippen molar-refractivity contribution >= 4 is 0 Å². The molecule has 3 heteroatoms. The molecular weight excluding hydrogens is 224 g/mol. The van der Waals surface area contributed by atoms with Crippen molar-refractivity contribution in [3.8, 4) is 0 Å². The Morgan fingerprint density at radius 1 is 1.28 bits per heavy atom. The minimum Gasteiger partial charge on any atom is -0.374 e. The molecule has 2 rings (SSSR count). The first-order valence-electron chi connectivity index (χ1n) is 7.85. The van der Waals surface area contributed by atoms with Gasteiger partial charge < -0.3 is 10.5 Å². The van der Waals surface area contributed by atoms with Crippen molar-refractivity contribution in [1.82, 2.24) is 4.90 Å². The van der Waals surface area contributed by atoms with Crippen LogP contribution < -0.4 is 5.73 Å². The van der Waals surface area contributed by atoms with Gasteiger partial charge >= 0.3 is 0 Å². The van der Waals surface area contributed by atoms with Gasteiger partial charge in [0.05, 0.1) is 12.7 Å². The average Bonchev–Trinajstić information content (AvgIpc) is 2.46. The largest absolute Gasteiger partial charge is 0.374 e. The van der Waals surface area contributed by atoms with E-state index in [1.807, 2.05) is 0 Å². The molecule has 0 amide bonds. The Kier molecular flexibility index (Phi) is 5.46. The van der Waals surface area contributed by atoms with Gasteiger partial charge in [-0.25, -0.2) is 0 Å². The highest BCUT2D eigenvalue weighted by atomic mass is 16.5. The predicted octanol–water partition coefficient (Wildman–Crippen LogP) is 2.25. The first-order valence-corrected chi connectivity index (χ1v) is 7.85. The number of rotatable bonds is 4. The minimum atomic E-state index is 0.240. The molecule has 0 radical (unpaired) electrons. The predicted molar refractivity (Wildman–Crippen MR) is 75.6 cm³/mol. The lowest BCUT2D eigenvalue weighted by atomic mass is 9.73. The molecule has 1 heterocycles. The Bertz CT molecular complexity index is 247. The molecule has 2 aliphatic rings. The average molecular weight is 254 g/mol. The number of likely N-dealkylation sites (N-methyl/N-ethyl adjacent to an activating group) is 1. The lowest BCUT2D eigenvalue weighted by molar-refractivity contribution is -0.0559. The Morgan fingerprint density at radius 2 is 2.06 bits per heavy atom. The maximum atomic E-state index is 6.55. The minimum absolute atomic E-state index is 0.240. The zero-order chi connectivity index (χ0) is 13.0. The number of hydrogen-bond acceptors (Lipinski definition) is 3. The highest BCUT2D eigenvalue weighted by molar-refractivity contribution is 4.90. The summed E-state index contributed by atoms with van der Waals surface area (Å²) in [6.07, 6.45) is 6.98. The monoisotopic (exact) mass is 254 g/mol. The number of nitrogens with two attached hydrogens (primary N) is 1. The first-order chi connectivity index (χ1) is 8.76. The topological polar surface area (TPSA) is 38.5 Å². The molecule has 0 bridgehead atoms. The maximum absolute atomic E-state index is 6.55. The fourth-order valence-electron chi connectivity index (χ4n) is 3.78. The van der Waals surface area contributed by atoms with Gasteiger partial charge in [-0.05, 0) is 24.8 Å². The summed E-state index contributed by atoms with van der Waals surface area (Å²) in [7, 11) is 0. The lowest BCUT2D eigenvalue weighted by Gasteiger charge is -2.42. The molecule has 0 aromatic rings. The molecule has 0 aromatic carbocycles. The van der Waals surface area contributed by atoms with Gasteiger partial charge in [-0.2, -0.15) is 0 Å². The van der Waals surface area contributed by atoms with E-state index in [1.54, 1.807) is 0 Å². The van der Waals surface area contributed by atoms with Crippen LogP contribution in [0.2, 0.25) is 0 Å². The third-order valence-electron chi connectivity index (χ3n) is 5.04. The van der Waals surface area contributed by atoms with E-state index < -0.39 is 0 Å². The van der Waals surface area contributed by atoms with E-state index in [9.17, 15) is 0 Å². The number of morpholine rings is 1. The summed E-state index contributed by atoms with van der Waals surface area (Å²) in [6.45, 7) is 8.62. The summed E-state index contributed by atoms with van der Waals surface area (Å²) in [4.78, 5) is 2.47. The molecule has 1 aliphatic carbocycles. The second-order valence-electron chi connectivity index (χ2n) is 6.00. The molecule has 106 valence electrons. The zero-order valence-corrected chi connectivity index (χ0v) is 12.1. The van der Waals surface area contributed by atoms with Gasteiger partial charge in [-0.1, -0.05) is 39.5 Å². The highest BCUT2D eigenvalue weighted by Crippen LogP contribution is 2.35. The Hall–Kier alpha value is -0.120. The summed E-state index contributed by atoms with van der Waals surface area (Å²) < 4.78 is 5.95. The molecule has 18 heavy (non-hydrogen) atoms. The number of nitrogens with zero attached hydrogens (tertiary/aromatic N) is 1. The molecule has 4 atom stereocenters. The fraction of sp³-hybridized carbons (Fsp3) is 1.00. The zero-order valence-electron chi connectivity index (χ0n) is 12.1. The van der Waals surface area contributed by atoms with E-state index in [1.165, 1.54) is 32.1 Å². The second-order valence-corrected chi connectivity index (χ2v) is 6.00. The molecular formula is C15H30N2O. The molecule has 2 fully saturated rings. The van der Waals surface area contributed by atoms with Gasteiger partial charge in [0.15, 0.2) is 0 Å². The van der Waals surface area contributed by atoms with Crippen molar-refractivity contribution in [1.29, 1.82) is 0 Å². The third kappa shape index (κ3) is 3.25. The Labute approximate surface area is 112 Å². The summed E-state index contributed by atoms with van der Waals surface area (Å²) >= 11 is 0. The Balaban J connectivity index is 1.93. The van der Waals surface area contributed by atoms with Crippen molar-refractivity contribution in [3.05, 3.63) is 0 Å². The van der Waals surface area contributed by atoms with Crippen molar-refractivity contribution < 1.29 is 4.74 Å². The van der Waals surface area contributed by atoms with Crippen LogP contribution in [-0.2, 0) is 4.74 Å². The molecule has 1 aliphatic heterocycles. The molecule has 1 saturated carbocycles. The van der Waals surface area contributed by atoms with E-state index >= 15 is 0 Å². The highest BCUT2D eigenvalue weighted by Gasteiger charge is 2.35. The first kappa shape index (κ1) is 14.3. The van der Waals surface area contributed by atoms with E-state index in [-0.39, 0.29) is 12.1 Å². The fourth-order valence-corrected chi connectivity index (χ4v) is 3.78. The van der Waals surface area contributed by atoms with Crippen molar-refractivity contribution in [3.63, 3.8) is 0 Å². The van der Waals surface area contributed by atoms with E-state index in [2.05, 4.69) is 18.7 Å². The number of ether oxygens (including phenoxy) is 1.